The second-order valence-electron chi connectivity index (χ2n) is 14.3. The molecule has 0 amide bonds. The minimum absolute atomic E-state index is 0.731. The summed E-state index contributed by atoms with van der Waals surface area (Å²) in [6.07, 6.45) is 0.800. The molecule has 0 bridgehead atoms. The van der Waals surface area contributed by atoms with Gasteiger partial charge in [0.25, 0.3) is 0 Å². The molecule has 8 aromatic carbocycles. The fourth-order valence-corrected chi connectivity index (χ4v) is 10.8. The number of hydrogen-bond donors (Lipinski definition) is 0. The number of benzene rings is 8. The zero-order valence-electron chi connectivity index (χ0n) is 33.6. The van der Waals surface area contributed by atoms with E-state index in [1.54, 1.807) is 0 Å². The van der Waals surface area contributed by atoms with Crippen LogP contribution in [0, 0.1) is 27.7 Å². The van der Waals surface area contributed by atoms with Crippen molar-refractivity contribution < 1.29 is 26.5 Å². The molecule has 0 N–H and O–H groups in total. The first-order valence-electron chi connectivity index (χ1n) is 19.4. The third kappa shape index (κ3) is 9.93. The van der Waals surface area contributed by atoms with Crippen LogP contribution in [0.3, 0.4) is 0 Å². The number of fused-ring (bicyclic) bond motifs is 7. The highest BCUT2D eigenvalue weighted by atomic mass is 35.7. The Morgan fingerprint density at radius 3 is 1.31 bits per heavy atom. The summed E-state index contributed by atoms with van der Waals surface area (Å²) in [5.74, 6) is 3.18. The van der Waals surface area contributed by atoms with Crippen LogP contribution >= 0.6 is 56.5 Å². The van der Waals surface area contributed by atoms with Crippen LogP contribution in [0.1, 0.15) is 33.4 Å². The summed E-state index contributed by atoms with van der Waals surface area (Å²) in [5.41, 5.74) is 8.27. The fraction of sp³-hybridized carbons (Fsp3) is 0.102. The maximum Gasteiger partial charge on any atom is 0.401 e. The van der Waals surface area contributed by atoms with E-state index in [1.807, 2.05) is 173 Å². The number of para-hydroxylation sites is 4. The van der Waals surface area contributed by atoms with Crippen LogP contribution in [-0.4, -0.2) is 0 Å². The van der Waals surface area contributed by atoms with Crippen LogP contribution in [0.2, 0.25) is 0 Å². The molecule has 0 atom stereocenters. The Hall–Kier alpha value is -4.89. The van der Waals surface area contributed by atoms with Gasteiger partial charge in [-0.3, -0.25) is 0 Å². The Bertz CT molecular complexity index is 2840. The zero-order valence-corrected chi connectivity index (χ0v) is 38.6. The van der Waals surface area contributed by atoms with Gasteiger partial charge in [0.2, 0.25) is 0 Å². The van der Waals surface area contributed by atoms with Crippen molar-refractivity contribution in [3.05, 3.63) is 191 Å². The van der Waals surface area contributed by atoms with Gasteiger partial charge in [0.05, 0.1) is 0 Å². The zero-order chi connectivity index (χ0) is 42.5. The van der Waals surface area contributed by atoms with E-state index in [0.717, 1.165) is 106 Å². The van der Waals surface area contributed by atoms with Crippen LogP contribution in [0.4, 0.5) is 0 Å². The van der Waals surface area contributed by atoms with Gasteiger partial charge in [-0.25, -0.2) is 0 Å². The molecular formula is C49H40Cl3O6P3. The normalized spacial score (nSPS) is 12.1. The largest absolute Gasteiger partial charge is 0.427 e. The monoisotopic (exact) mass is 922 g/mol. The van der Waals surface area contributed by atoms with Crippen LogP contribution in [0.5, 0.6) is 23.0 Å². The Balaban J connectivity index is 0.000000128. The number of aryl methyl sites for hydroxylation is 4. The average Bonchev–Trinajstić information content (AvgIpc) is 3.40. The van der Waals surface area contributed by atoms with Crippen molar-refractivity contribution >= 4 is 100 Å². The molecule has 0 aliphatic carbocycles. The van der Waals surface area contributed by atoms with Gasteiger partial charge in [0, 0.05) is 39.2 Å². The molecule has 61 heavy (non-hydrogen) atoms. The molecule has 0 saturated carbocycles. The second-order valence-corrected chi connectivity index (χ2v) is 19.2. The summed E-state index contributed by atoms with van der Waals surface area (Å²) in [6.45, 7) is 8.08. The van der Waals surface area contributed by atoms with Gasteiger partial charge in [-0.1, -0.05) is 146 Å². The van der Waals surface area contributed by atoms with Gasteiger partial charge in [0.15, 0.2) is 0 Å². The van der Waals surface area contributed by atoms with Crippen molar-refractivity contribution in [1.29, 1.82) is 0 Å². The molecule has 6 nitrogen and oxygen atoms in total. The molecule has 9 aromatic rings. The molecule has 1 aromatic heterocycles. The molecule has 0 spiro atoms. The van der Waals surface area contributed by atoms with E-state index in [2.05, 4.69) is 12.1 Å². The average molecular weight is 924 g/mol. The Kier molecular flexibility index (Phi) is 13.6. The van der Waals surface area contributed by atoms with Crippen LogP contribution in [-0.2, 0) is 6.42 Å². The maximum absolute atomic E-state index is 6.37. The van der Waals surface area contributed by atoms with Crippen molar-refractivity contribution in [1.82, 2.24) is 0 Å². The Morgan fingerprint density at radius 1 is 0.459 bits per heavy atom. The number of rotatable bonds is 4. The molecule has 0 unspecified atom stereocenters. The van der Waals surface area contributed by atoms with Crippen LogP contribution in [0.25, 0.3) is 43.5 Å². The summed E-state index contributed by atoms with van der Waals surface area (Å²) in [4.78, 5) is 0. The molecule has 0 saturated heterocycles. The summed E-state index contributed by atoms with van der Waals surface area (Å²) < 4.78 is 34.8. The van der Waals surface area contributed by atoms with Crippen LogP contribution in [0.15, 0.2) is 166 Å². The summed E-state index contributed by atoms with van der Waals surface area (Å²) in [5, 5.41) is 6.35. The van der Waals surface area contributed by atoms with Gasteiger partial charge in [-0.05, 0) is 106 Å². The second kappa shape index (κ2) is 19.4. The minimum atomic E-state index is -1.61. The predicted molar refractivity (Wildman–Crippen MR) is 258 cm³/mol. The Labute approximate surface area is 372 Å². The van der Waals surface area contributed by atoms with E-state index in [1.165, 1.54) is 0 Å². The lowest BCUT2D eigenvalue weighted by atomic mass is 9.99. The molecule has 2 heterocycles. The summed E-state index contributed by atoms with van der Waals surface area (Å²) >= 11 is 18.7. The first kappa shape index (κ1) is 42.8. The lowest BCUT2D eigenvalue weighted by Crippen LogP contribution is -2.04. The van der Waals surface area contributed by atoms with Crippen molar-refractivity contribution in [2.45, 2.75) is 34.1 Å². The van der Waals surface area contributed by atoms with Gasteiger partial charge in [-0.15, -0.1) is 0 Å². The van der Waals surface area contributed by atoms with Crippen molar-refractivity contribution in [3.63, 3.8) is 0 Å². The van der Waals surface area contributed by atoms with Crippen molar-refractivity contribution in [2.24, 2.45) is 0 Å². The SMILES string of the molecule is Cc1cccc2c1OP(Cl)Oc1c(C)cccc1C2.Cc1cccc2c1op(Cl)oc1c(C)cccc12.ClP(Oc1cccc2ccccc12)Oc1cccc2ccccc12. The van der Waals surface area contributed by atoms with E-state index >= 15 is 0 Å². The molecular weight excluding hydrogens is 884 g/mol. The predicted octanol–water partition coefficient (Wildman–Crippen LogP) is 18.0. The molecule has 1 aliphatic rings. The lowest BCUT2D eigenvalue weighted by Gasteiger charge is -2.23. The van der Waals surface area contributed by atoms with Gasteiger partial charge in [-0.2, -0.15) is 0 Å². The standard InChI is InChI=1S/C20H14ClO2P.C15H14ClO2P.C14H12ClO2P/c21-24(22-19-13-5-9-15-7-1-3-11-17(15)19)23-20-14-6-10-16-8-2-4-12-18(16)20;1-10-5-3-7-12-9-13-8-4-6-11(2)15(13)18-19(16)17-14(10)12;1-9-5-3-7-11-12-8-4-6-10(2)14(12)17-18(15)16-13(9)11/h1-14H;3-8H,9H2,1-2H3;3-8H,1-2H3. The first-order chi connectivity index (χ1) is 29.6. The van der Waals surface area contributed by atoms with E-state index < -0.39 is 22.8 Å². The number of halogens is 3. The van der Waals surface area contributed by atoms with E-state index in [0.29, 0.717) is 0 Å². The molecule has 10 rings (SSSR count). The van der Waals surface area contributed by atoms with Crippen molar-refractivity contribution in [2.75, 3.05) is 0 Å². The third-order valence-corrected chi connectivity index (χ3v) is 13.4. The number of hydrogen-bond acceptors (Lipinski definition) is 6. The summed E-state index contributed by atoms with van der Waals surface area (Å²) in [7, 11) is -4.53. The van der Waals surface area contributed by atoms with Gasteiger partial charge >= 0.3 is 22.8 Å². The van der Waals surface area contributed by atoms with E-state index in [9.17, 15) is 0 Å². The maximum atomic E-state index is 6.37. The molecule has 308 valence electrons. The first-order valence-corrected chi connectivity index (χ1v) is 25.7. The summed E-state index contributed by atoms with van der Waals surface area (Å²) in [6, 6.07) is 52.4. The quantitative estimate of drug-likeness (QED) is 0.164. The highest BCUT2D eigenvalue weighted by Crippen LogP contribution is 2.51. The molecule has 12 heteroatoms. The Morgan fingerprint density at radius 2 is 0.836 bits per heavy atom. The fourth-order valence-electron chi connectivity index (χ4n) is 7.19. The van der Waals surface area contributed by atoms with Crippen LogP contribution < -0.4 is 18.1 Å². The highest BCUT2D eigenvalue weighted by molar-refractivity contribution is 7.77. The highest BCUT2D eigenvalue weighted by Gasteiger charge is 2.23. The molecule has 1 aliphatic heterocycles. The topological polar surface area (TPSA) is 63.2 Å². The molecule has 0 fully saturated rings. The minimum Gasteiger partial charge on any atom is -0.427 e. The van der Waals surface area contributed by atoms with Gasteiger partial charge in [0.1, 0.15) is 34.2 Å². The third-order valence-electron chi connectivity index (χ3n) is 10.2. The van der Waals surface area contributed by atoms with Crippen molar-refractivity contribution in [3.8, 4) is 23.0 Å². The van der Waals surface area contributed by atoms with Gasteiger partial charge < -0.3 is 26.5 Å². The lowest BCUT2D eigenvalue weighted by molar-refractivity contribution is 0.490. The molecule has 0 radical (unpaired) electrons. The van der Waals surface area contributed by atoms with E-state index in [-0.39, 0.29) is 0 Å². The smallest absolute Gasteiger partial charge is 0.401 e. The van der Waals surface area contributed by atoms with E-state index in [4.69, 9.17) is 60.2 Å².